The number of hydrogen-bond acceptors (Lipinski definition) is 3. The molecule has 0 radical (unpaired) electrons. The molecule has 19 heavy (non-hydrogen) atoms. The quantitative estimate of drug-likeness (QED) is 0.535. The van der Waals surface area contributed by atoms with Crippen LogP contribution in [0.4, 0.5) is 5.69 Å². The summed E-state index contributed by atoms with van der Waals surface area (Å²) in [4.78, 5) is 11.8. The maximum absolute atomic E-state index is 11.8. The number of para-hydroxylation sites is 1. The highest BCUT2D eigenvalue weighted by atomic mass is 16.5. The zero-order chi connectivity index (χ0) is 13.9. The summed E-state index contributed by atoms with van der Waals surface area (Å²) in [6, 6.07) is 7.52. The summed E-state index contributed by atoms with van der Waals surface area (Å²) in [6.07, 6.45) is 6.23. The normalized spacial score (nSPS) is 10.2. The topological polar surface area (TPSA) is 38.3 Å². The average Bonchev–Trinajstić information content (AvgIpc) is 2.43. The smallest absolute Gasteiger partial charge is 0.340 e. The van der Waals surface area contributed by atoms with E-state index in [9.17, 15) is 4.79 Å². The molecule has 106 valence electrons. The first-order valence-corrected chi connectivity index (χ1v) is 7.29. The van der Waals surface area contributed by atoms with Crippen LogP contribution in [0.1, 0.15) is 56.3 Å². The Kier molecular flexibility index (Phi) is 7.71. The monoisotopic (exact) mass is 263 g/mol. The van der Waals surface area contributed by atoms with Gasteiger partial charge in [0.05, 0.1) is 12.2 Å². The van der Waals surface area contributed by atoms with Gasteiger partial charge in [-0.15, -0.1) is 0 Å². The molecule has 0 spiro atoms. The first-order valence-electron chi connectivity index (χ1n) is 7.29. The molecule has 3 heteroatoms. The second kappa shape index (κ2) is 9.42. The summed E-state index contributed by atoms with van der Waals surface area (Å²) < 4.78 is 5.05. The molecule has 1 aromatic rings. The molecule has 1 aromatic carbocycles. The van der Waals surface area contributed by atoms with Crippen LogP contribution in [-0.2, 0) is 4.74 Å². The van der Waals surface area contributed by atoms with Crippen molar-refractivity contribution in [2.75, 3.05) is 18.5 Å². The zero-order valence-electron chi connectivity index (χ0n) is 12.1. The minimum atomic E-state index is -0.253. The number of anilines is 1. The van der Waals surface area contributed by atoms with Crippen LogP contribution in [0.5, 0.6) is 0 Å². The van der Waals surface area contributed by atoms with Crippen LogP contribution >= 0.6 is 0 Å². The van der Waals surface area contributed by atoms with E-state index in [2.05, 4.69) is 12.2 Å². The Hall–Kier alpha value is -1.51. The van der Waals surface area contributed by atoms with Gasteiger partial charge in [0.15, 0.2) is 0 Å². The molecular formula is C16H25NO2. The predicted molar refractivity (Wildman–Crippen MR) is 79.6 cm³/mol. The summed E-state index contributed by atoms with van der Waals surface area (Å²) in [6.45, 7) is 5.35. The molecular weight excluding hydrogens is 238 g/mol. The third kappa shape index (κ3) is 5.77. The van der Waals surface area contributed by atoms with Gasteiger partial charge in [0.1, 0.15) is 0 Å². The lowest BCUT2D eigenvalue weighted by molar-refractivity contribution is 0.0527. The highest BCUT2D eigenvalue weighted by Crippen LogP contribution is 2.16. The van der Waals surface area contributed by atoms with Crippen molar-refractivity contribution in [1.29, 1.82) is 0 Å². The van der Waals surface area contributed by atoms with E-state index in [-0.39, 0.29) is 5.97 Å². The number of nitrogens with one attached hydrogen (secondary N) is 1. The Balaban J connectivity index is 2.42. The van der Waals surface area contributed by atoms with Crippen LogP contribution in [0.15, 0.2) is 24.3 Å². The Morgan fingerprint density at radius 2 is 1.84 bits per heavy atom. The number of ether oxygens (including phenoxy) is 1. The molecule has 0 amide bonds. The van der Waals surface area contributed by atoms with Gasteiger partial charge in [-0.2, -0.15) is 0 Å². The number of benzene rings is 1. The Bertz CT molecular complexity index is 377. The van der Waals surface area contributed by atoms with Gasteiger partial charge in [-0.3, -0.25) is 0 Å². The average molecular weight is 263 g/mol. The van der Waals surface area contributed by atoms with E-state index < -0.39 is 0 Å². The van der Waals surface area contributed by atoms with Crippen molar-refractivity contribution in [1.82, 2.24) is 0 Å². The molecule has 0 bridgehead atoms. The van der Waals surface area contributed by atoms with E-state index in [1.165, 1.54) is 25.7 Å². The zero-order valence-corrected chi connectivity index (χ0v) is 12.1. The fourth-order valence-electron chi connectivity index (χ4n) is 1.98. The predicted octanol–water partition coefficient (Wildman–Crippen LogP) is 4.25. The number of carbonyl (C=O) groups excluding carboxylic acids is 1. The van der Waals surface area contributed by atoms with Crippen molar-refractivity contribution in [3.05, 3.63) is 29.8 Å². The summed E-state index contributed by atoms with van der Waals surface area (Å²) in [5.41, 5.74) is 1.49. The molecule has 0 saturated heterocycles. The molecule has 0 aliphatic carbocycles. The van der Waals surface area contributed by atoms with Gasteiger partial charge in [0.2, 0.25) is 0 Å². The minimum absolute atomic E-state index is 0.253. The van der Waals surface area contributed by atoms with Crippen LogP contribution in [0, 0.1) is 0 Å². The third-order valence-electron chi connectivity index (χ3n) is 3.02. The molecule has 1 N–H and O–H groups in total. The van der Waals surface area contributed by atoms with Gasteiger partial charge in [0, 0.05) is 12.2 Å². The van der Waals surface area contributed by atoms with Gasteiger partial charge in [-0.25, -0.2) is 4.79 Å². The van der Waals surface area contributed by atoms with Gasteiger partial charge < -0.3 is 10.1 Å². The van der Waals surface area contributed by atoms with Crippen molar-refractivity contribution in [3.8, 4) is 0 Å². The summed E-state index contributed by atoms with van der Waals surface area (Å²) >= 11 is 0. The van der Waals surface area contributed by atoms with Crippen molar-refractivity contribution in [2.24, 2.45) is 0 Å². The lowest BCUT2D eigenvalue weighted by Crippen LogP contribution is -2.10. The fourth-order valence-corrected chi connectivity index (χ4v) is 1.98. The van der Waals surface area contributed by atoms with Gasteiger partial charge in [-0.1, -0.05) is 44.7 Å². The highest BCUT2D eigenvalue weighted by Gasteiger charge is 2.10. The maximum Gasteiger partial charge on any atom is 0.340 e. The van der Waals surface area contributed by atoms with Crippen molar-refractivity contribution in [2.45, 2.75) is 46.0 Å². The van der Waals surface area contributed by atoms with Crippen LogP contribution < -0.4 is 5.32 Å². The Morgan fingerprint density at radius 1 is 1.11 bits per heavy atom. The molecule has 0 saturated carbocycles. The third-order valence-corrected chi connectivity index (χ3v) is 3.02. The number of hydrogen-bond donors (Lipinski definition) is 1. The number of carbonyl (C=O) groups is 1. The highest BCUT2D eigenvalue weighted by molar-refractivity contribution is 5.95. The molecule has 0 heterocycles. The van der Waals surface area contributed by atoms with Crippen molar-refractivity contribution >= 4 is 11.7 Å². The van der Waals surface area contributed by atoms with Crippen LogP contribution in [0.3, 0.4) is 0 Å². The second-order valence-electron chi connectivity index (χ2n) is 4.61. The summed E-state index contributed by atoms with van der Waals surface area (Å²) in [5.74, 6) is -0.253. The van der Waals surface area contributed by atoms with E-state index in [0.717, 1.165) is 18.7 Å². The first-order chi connectivity index (χ1) is 9.29. The molecule has 0 aliphatic rings. The van der Waals surface area contributed by atoms with E-state index in [1.807, 2.05) is 25.1 Å². The van der Waals surface area contributed by atoms with Gasteiger partial charge >= 0.3 is 5.97 Å². The SMILES string of the molecule is CCCCCCCNc1ccccc1C(=O)OCC. The Labute approximate surface area is 116 Å². The van der Waals surface area contributed by atoms with Crippen LogP contribution in [0.25, 0.3) is 0 Å². The second-order valence-corrected chi connectivity index (χ2v) is 4.61. The Morgan fingerprint density at radius 3 is 2.58 bits per heavy atom. The standard InChI is InChI=1S/C16H25NO2/c1-3-5-6-7-10-13-17-15-12-9-8-11-14(15)16(18)19-4-2/h8-9,11-12,17H,3-7,10,13H2,1-2H3. The van der Waals surface area contributed by atoms with Crippen molar-refractivity contribution in [3.63, 3.8) is 0 Å². The van der Waals surface area contributed by atoms with Crippen LogP contribution in [-0.4, -0.2) is 19.1 Å². The molecule has 0 aromatic heterocycles. The van der Waals surface area contributed by atoms with E-state index in [1.54, 1.807) is 6.07 Å². The minimum Gasteiger partial charge on any atom is -0.462 e. The maximum atomic E-state index is 11.8. The fraction of sp³-hybridized carbons (Fsp3) is 0.562. The molecule has 0 atom stereocenters. The molecule has 0 unspecified atom stereocenters. The number of rotatable bonds is 9. The lowest BCUT2D eigenvalue weighted by Gasteiger charge is -2.11. The van der Waals surface area contributed by atoms with Crippen LogP contribution in [0.2, 0.25) is 0 Å². The molecule has 3 nitrogen and oxygen atoms in total. The van der Waals surface area contributed by atoms with Gasteiger partial charge in [-0.05, 0) is 25.5 Å². The van der Waals surface area contributed by atoms with Crippen molar-refractivity contribution < 1.29 is 9.53 Å². The van der Waals surface area contributed by atoms with E-state index in [0.29, 0.717) is 12.2 Å². The summed E-state index contributed by atoms with van der Waals surface area (Å²) in [5, 5.41) is 3.33. The molecule has 0 fully saturated rings. The first kappa shape index (κ1) is 15.5. The van der Waals surface area contributed by atoms with Gasteiger partial charge in [0.25, 0.3) is 0 Å². The number of esters is 1. The number of unbranched alkanes of at least 4 members (excludes halogenated alkanes) is 4. The summed E-state index contributed by atoms with van der Waals surface area (Å²) in [7, 11) is 0. The molecule has 1 rings (SSSR count). The lowest BCUT2D eigenvalue weighted by atomic mass is 10.1. The van der Waals surface area contributed by atoms with E-state index in [4.69, 9.17) is 4.74 Å². The molecule has 0 aliphatic heterocycles. The van der Waals surface area contributed by atoms with E-state index >= 15 is 0 Å². The largest absolute Gasteiger partial charge is 0.462 e.